The van der Waals surface area contributed by atoms with Crippen LogP contribution in [0.15, 0.2) is 24.3 Å². The Morgan fingerprint density at radius 1 is 1.25 bits per heavy atom. The Hall–Kier alpha value is -1.64. The molecular weight excluding hydrogens is 394 g/mol. The molecule has 0 spiro atoms. The summed E-state index contributed by atoms with van der Waals surface area (Å²) in [7, 11) is 1.40. The highest BCUT2D eigenvalue weighted by Gasteiger charge is 2.33. The molecule has 0 N–H and O–H groups in total. The maximum absolute atomic E-state index is 13.0. The van der Waals surface area contributed by atoms with E-state index in [9.17, 15) is 9.59 Å². The van der Waals surface area contributed by atoms with Crippen molar-refractivity contribution in [1.29, 1.82) is 0 Å². The zero-order valence-corrected chi connectivity index (χ0v) is 17.6. The fourth-order valence-corrected chi connectivity index (χ4v) is 6.18. The number of esters is 1. The van der Waals surface area contributed by atoms with Gasteiger partial charge in [-0.05, 0) is 31.5 Å². The van der Waals surface area contributed by atoms with Gasteiger partial charge in [-0.3, -0.25) is 14.5 Å². The van der Waals surface area contributed by atoms with Crippen molar-refractivity contribution in [2.75, 3.05) is 39.0 Å². The van der Waals surface area contributed by atoms with E-state index in [-0.39, 0.29) is 23.2 Å². The van der Waals surface area contributed by atoms with Crippen molar-refractivity contribution in [1.82, 2.24) is 14.8 Å². The number of methoxy groups -OCH3 is 1. The first kappa shape index (κ1) is 19.7. The smallest absolute Gasteiger partial charge is 0.320 e. The summed E-state index contributed by atoms with van der Waals surface area (Å²) >= 11 is 3.31. The minimum Gasteiger partial charge on any atom is -0.468 e. The number of benzene rings is 1. The largest absolute Gasteiger partial charge is 0.468 e. The number of carbonyl (C=O) groups excluding carboxylic acids is 2. The van der Waals surface area contributed by atoms with Gasteiger partial charge in [-0.1, -0.05) is 18.6 Å². The molecule has 6 nitrogen and oxygen atoms in total. The summed E-state index contributed by atoms with van der Waals surface area (Å²) in [5.41, 5.74) is 1.04. The van der Waals surface area contributed by atoms with E-state index >= 15 is 0 Å². The van der Waals surface area contributed by atoms with E-state index in [1.54, 1.807) is 23.1 Å². The molecule has 0 aliphatic carbocycles. The highest BCUT2D eigenvalue weighted by molar-refractivity contribution is 8.00. The van der Waals surface area contributed by atoms with Gasteiger partial charge in [-0.15, -0.1) is 23.1 Å². The van der Waals surface area contributed by atoms with Gasteiger partial charge in [0.05, 0.1) is 29.9 Å². The highest BCUT2D eigenvalue weighted by atomic mass is 32.2. The summed E-state index contributed by atoms with van der Waals surface area (Å²) < 4.78 is 6.05. The number of likely N-dealkylation sites (tertiary alicyclic amines) is 1. The molecule has 1 aromatic heterocycles. The standard InChI is InChI=1S/C20H25N3O3S2/c1-26-20(25)17-12-23(10-11-27-17)18(24)13-22-9-5-4-7-15(22)19-21-14-6-2-3-8-16(14)28-19/h2-3,6,8,15,17H,4-5,7,9-13H2,1H3/t15-,17-/m1/s1. The Balaban J connectivity index is 1.46. The number of rotatable bonds is 4. The molecule has 2 saturated heterocycles. The van der Waals surface area contributed by atoms with Gasteiger partial charge in [0.2, 0.25) is 5.91 Å². The summed E-state index contributed by atoms with van der Waals surface area (Å²) in [5.74, 6) is 0.627. The third-order valence-electron chi connectivity index (χ3n) is 5.43. The van der Waals surface area contributed by atoms with Gasteiger partial charge < -0.3 is 9.64 Å². The van der Waals surface area contributed by atoms with Crippen molar-refractivity contribution < 1.29 is 14.3 Å². The first-order valence-corrected chi connectivity index (χ1v) is 11.6. The van der Waals surface area contributed by atoms with Gasteiger partial charge >= 0.3 is 5.97 Å². The lowest BCUT2D eigenvalue weighted by molar-refractivity contribution is -0.141. The van der Waals surface area contributed by atoms with E-state index in [1.165, 1.54) is 11.8 Å². The summed E-state index contributed by atoms with van der Waals surface area (Å²) in [6.45, 7) is 2.43. The maximum Gasteiger partial charge on any atom is 0.320 e. The molecule has 0 radical (unpaired) electrons. The fourth-order valence-electron chi connectivity index (χ4n) is 3.92. The molecule has 0 saturated carbocycles. The molecule has 2 aliphatic rings. The summed E-state index contributed by atoms with van der Waals surface area (Å²) in [4.78, 5) is 33.8. The number of piperidine rings is 1. The van der Waals surface area contributed by atoms with Crippen molar-refractivity contribution in [3.8, 4) is 0 Å². The number of ether oxygens (including phenoxy) is 1. The van der Waals surface area contributed by atoms with Crippen LogP contribution in [-0.2, 0) is 14.3 Å². The minimum absolute atomic E-state index is 0.0993. The first-order chi connectivity index (χ1) is 13.7. The Morgan fingerprint density at radius 3 is 2.93 bits per heavy atom. The molecule has 2 atom stereocenters. The average molecular weight is 420 g/mol. The normalized spacial score (nSPS) is 23.7. The van der Waals surface area contributed by atoms with Crippen LogP contribution in [-0.4, -0.2) is 71.0 Å². The fraction of sp³-hybridized carbons (Fsp3) is 0.550. The van der Waals surface area contributed by atoms with Crippen LogP contribution in [0.1, 0.15) is 30.3 Å². The van der Waals surface area contributed by atoms with Gasteiger partial charge in [0.15, 0.2) is 0 Å². The second-order valence-corrected chi connectivity index (χ2v) is 9.60. The number of thioether (sulfide) groups is 1. The van der Waals surface area contributed by atoms with Crippen molar-refractivity contribution in [3.05, 3.63) is 29.3 Å². The molecule has 0 bridgehead atoms. The number of amides is 1. The second-order valence-electron chi connectivity index (χ2n) is 7.22. The molecule has 28 heavy (non-hydrogen) atoms. The summed E-state index contributed by atoms with van der Waals surface area (Å²) in [6, 6.07) is 8.41. The molecular formula is C20H25N3O3S2. The number of fused-ring (bicyclic) bond motifs is 1. The number of aromatic nitrogens is 1. The molecule has 1 amide bonds. The molecule has 150 valence electrons. The zero-order valence-electron chi connectivity index (χ0n) is 16.0. The Kier molecular flexibility index (Phi) is 6.18. The lowest BCUT2D eigenvalue weighted by atomic mass is 10.0. The average Bonchev–Trinajstić information content (AvgIpc) is 3.17. The maximum atomic E-state index is 13.0. The number of carbonyl (C=O) groups is 2. The Labute approximate surface area is 173 Å². The third kappa shape index (κ3) is 4.18. The molecule has 2 aromatic rings. The van der Waals surface area contributed by atoms with Crippen LogP contribution in [0.3, 0.4) is 0 Å². The molecule has 0 unspecified atom stereocenters. The SMILES string of the molecule is COC(=O)[C@H]1CN(C(=O)CN2CCCC[C@@H]2c2nc3ccccc3s2)CCS1. The number of nitrogens with zero attached hydrogens (tertiary/aromatic N) is 3. The van der Waals surface area contributed by atoms with Crippen molar-refractivity contribution in [2.24, 2.45) is 0 Å². The number of hydrogen-bond acceptors (Lipinski definition) is 7. The molecule has 2 aliphatic heterocycles. The van der Waals surface area contributed by atoms with Crippen LogP contribution in [0.2, 0.25) is 0 Å². The van der Waals surface area contributed by atoms with Gasteiger partial charge in [0, 0.05) is 18.8 Å². The first-order valence-electron chi connectivity index (χ1n) is 9.72. The molecule has 3 heterocycles. The number of thiazole rings is 1. The topological polar surface area (TPSA) is 62.7 Å². The van der Waals surface area contributed by atoms with Gasteiger partial charge in [-0.2, -0.15) is 0 Å². The Bertz CT molecular complexity index is 823. The van der Waals surface area contributed by atoms with Crippen molar-refractivity contribution >= 4 is 45.2 Å². The molecule has 8 heteroatoms. The van der Waals surface area contributed by atoms with Gasteiger partial charge in [0.1, 0.15) is 10.3 Å². The predicted octanol–water partition coefficient (Wildman–Crippen LogP) is 2.94. The molecule has 4 rings (SSSR count). The van der Waals surface area contributed by atoms with Crippen LogP contribution < -0.4 is 0 Å². The highest BCUT2D eigenvalue weighted by Crippen LogP contribution is 2.35. The number of para-hydroxylation sites is 1. The lowest BCUT2D eigenvalue weighted by Gasteiger charge is -2.37. The third-order valence-corrected chi connectivity index (χ3v) is 7.73. The lowest BCUT2D eigenvalue weighted by Crippen LogP contribution is -2.49. The van der Waals surface area contributed by atoms with Crippen LogP contribution in [0, 0.1) is 0 Å². The summed E-state index contributed by atoms with van der Waals surface area (Å²) in [5, 5.41) is 0.833. The monoisotopic (exact) mass is 419 g/mol. The predicted molar refractivity (Wildman–Crippen MR) is 113 cm³/mol. The Morgan fingerprint density at radius 2 is 2.11 bits per heavy atom. The second kappa shape index (κ2) is 8.80. The van der Waals surface area contributed by atoms with E-state index in [0.717, 1.165) is 42.1 Å². The van der Waals surface area contributed by atoms with Crippen LogP contribution in [0.25, 0.3) is 10.2 Å². The van der Waals surface area contributed by atoms with E-state index in [1.807, 2.05) is 23.1 Å². The quantitative estimate of drug-likeness (QED) is 0.710. The van der Waals surface area contributed by atoms with Gasteiger partial charge in [0.25, 0.3) is 0 Å². The number of hydrogen-bond donors (Lipinski definition) is 0. The van der Waals surface area contributed by atoms with E-state index < -0.39 is 0 Å². The van der Waals surface area contributed by atoms with E-state index in [2.05, 4.69) is 11.0 Å². The van der Waals surface area contributed by atoms with Crippen molar-refractivity contribution in [3.63, 3.8) is 0 Å². The van der Waals surface area contributed by atoms with Crippen LogP contribution in [0.5, 0.6) is 0 Å². The molecule has 1 aromatic carbocycles. The van der Waals surface area contributed by atoms with Crippen molar-refractivity contribution in [2.45, 2.75) is 30.6 Å². The van der Waals surface area contributed by atoms with Crippen LogP contribution >= 0.6 is 23.1 Å². The van der Waals surface area contributed by atoms with E-state index in [4.69, 9.17) is 9.72 Å². The van der Waals surface area contributed by atoms with Gasteiger partial charge in [-0.25, -0.2) is 4.98 Å². The van der Waals surface area contributed by atoms with E-state index in [0.29, 0.717) is 19.6 Å². The summed E-state index contributed by atoms with van der Waals surface area (Å²) in [6.07, 6.45) is 3.30. The molecule has 2 fully saturated rings. The minimum atomic E-state index is -0.274. The zero-order chi connectivity index (χ0) is 19.5. The van der Waals surface area contributed by atoms with Crippen LogP contribution in [0.4, 0.5) is 0 Å².